The molecule has 0 spiro atoms. The summed E-state index contributed by atoms with van der Waals surface area (Å²) < 4.78 is 27.8. The molecule has 0 saturated carbocycles. The molecule has 0 aromatic heterocycles. The molecule has 1 aliphatic carbocycles. The fraction of sp³-hybridized carbons (Fsp3) is 0.424. The fourth-order valence-corrected chi connectivity index (χ4v) is 5.49. The van der Waals surface area contributed by atoms with E-state index in [1.807, 2.05) is 30.3 Å². The minimum atomic E-state index is -0.959. The van der Waals surface area contributed by atoms with Crippen LogP contribution in [0.3, 0.4) is 0 Å². The van der Waals surface area contributed by atoms with Crippen LogP contribution in [0.25, 0.3) is 0 Å². The van der Waals surface area contributed by atoms with E-state index in [-0.39, 0.29) is 36.8 Å². The minimum absolute atomic E-state index is 0.0932. The number of carbonyl (C=O) groups excluding carboxylic acids is 1. The standard InChI is InChI=1S/C33H40F2N2O2/c1-33(2,3)20-23-12-13-25-10-7-11-29(28(25)16-23)36-21-31(38)30(17-24-14-26(34)19-27(35)15-24)37-32(39)18-22-8-5-4-6-9-22/h4-6,8-9,12-16,19,29-31,36,38H,7,10-11,17-18,20-21H2,1-3H3,(H,37,39)/t29-,30-,31-/m0/s1. The maximum absolute atomic E-state index is 13.9. The van der Waals surface area contributed by atoms with E-state index in [0.717, 1.165) is 37.3 Å². The predicted molar refractivity (Wildman–Crippen MR) is 151 cm³/mol. The summed E-state index contributed by atoms with van der Waals surface area (Å²) in [5.74, 6) is -1.62. The highest BCUT2D eigenvalue weighted by molar-refractivity contribution is 5.79. The lowest BCUT2D eigenvalue weighted by Gasteiger charge is -2.31. The average molecular weight is 535 g/mol. The number of hydrogen-bond acceptors (Lipinski definition) is 3. The molecule has 0 saturated heterocycles. The highest BCUT2D eigenvalue weighted by atomic mass is 19.1. The van der Waals surface area contributed by atoms with Gasteiger partial charge in [0.1, 0.15) is 11.6 Å². The second-order valence-corrected chi connectivity index (χ2v) is 12.0. The van der Waals surface area contributed by atoms with Gasteiger partial charge in [-0.25, -0.2) is 8.78 Å². The SMILES string of the molecule is CC(C)(C)Cc1ccc2c(c1)[C@@H](NC[C@H](O)[C@H](Cc1cc(F)cc(F)c1)NC(=O)Cc1ccccc1)CCC2. The number of amides is 1. The highest BCUT2D eigenvalue weighted by Gasteiger charge is 2.26. The first-order chi connectivity index (χ1) is 18.6. The van der Waals surface area contributed by atoms with Crippen molar-refractivity contribution in [1.82, 2.24) is 10.6 Å². The number of aliphatic hydroxyl groups is 1. The second kappa shape index (κ2) is 12.8. The Morgan fingerprint density at radius 2 is 1.69 bits per heavy atom. The summed E-state index contributed by atoms with van der Waals surface area (Å²) in [6, 6.07) is 18.8. The molecule has 6 heteroatoms. The first-order valence-corrected chi connectivity index (χ1v) is 13.9. The Balaban J connectivity index is 1.47. The number of halogens is 2. The molecular weight excluding hydrogens is 494 g/mol. The van der Waals surface area contributed by atoms with Gasteiger partial charge in [-0.3, -0.25) is 4.79 Å². The van der Waals surface area contributed by atoms with Crippen LogP contribution in [-0.2, 0) is 30.5 Å². The van der Waals surface area contributed by atoms with Crippen LogP contribution in [0.2, 0.25) is 0 Å². The zero-order valence-corrected chi connectivity index (χ0v) is 23.1. The van der Waals surface area contributed by atoms with Crippen molar-refractivity contribution in [3.05, 3.63) is 106 Å². The Kier molecular flexibility index (Phi) is 9.52. The topological polar surface area (TPSA) is 61.4 Å². The van der Waals surface area contributed by atoms with Gasteiger partial charge >= 0.3 is 0 Å². The molecule has 3 N–H and O–H groups in total. The molecule has 0 fully saturated rings. The van der Waals surface area contributed by atoms with E-state index in [9.17, 15) is 18.7 Å². The predicted octanol–water partition coefficient (Wildman–Crippen LogP) is 5.85. The molecule has 0 aliphatic heterocycles. The summed E-state index contributed by atoms with van der Waals surface area (Å²) in [4.78, 5) is 12.9. The Hall–Kier alpha value is -3.09. The van der Waals surface area contributed by atoms with Gasteiger partial charge in [0.05, 0.1) is 18.6 Å². The third-order valence-corrected chi connectivity index (χ3v) is 7.23. The van der Waals surface area contributed by atoms with E-state index in [1.54, 1.807) is 0 Å². The number of carbonyl (C=O) groups is 1. The molecule has 3 atom stereocenters. The molecule has 4 rings (SSSR count). The second-order valence-electron chi connectivity index (χ2n) is 12.0. The van der Waals surface area contributed by atoms with E-state index in [1.165, 1.54) is 28.8 Å². The number of rotatable bonds is 10. The number of aliphatic hydroxyl groups excluding tert-OH is 1. The minimum Gasteiger partial charge on any atom is -0.390 e. The van der Waals surface area contributed by atoms with E-state index in [0.29, 0.717) is 5.56 Å². The lowest BCUT2D eigenvalue weighted by atomic mass is 9.82. The number of nitrogens with one attached hydrogen (secondary N) is 2. The molecule has 3 aromatic carbocycles. The molecule has 39 heavy (non-hydrogen) atoms. The Morgan fingerprint density at radius 3 is 2.38 bits per heavy atom. The number of fused-ring (bicyclic) bond motifs is 1. The van der Waals surface area contributed by atoms with Crippen LogP contribution in [0.5, 0.6) is 0 Å². The van der Waals surface area contributed by atoms with Gasteiger partial charge in [0.25, 0.3) is 0 Å². The van der Waals surface area contributed by atoms with Crippen LogP contribution in [0, 0.1) is 17.0 Å². The Labute approximate surface area is 230 Å². The smallest absolute Gasteiger partial charge is 0.224 e. The van der Waals surface area contributed by atoms with Crippen molar-refractivity contribution in [2.24, 2.45) is 5.41 Å². The van der Waals surface area contributed by atoms with Crippen LogP contribution < -0.4 is 10.6 Å². The zero-order valence-electron chi connectivity index (χ0n) is 23.1. The third kappa shape index (κ3) is 8.70. The van der Waals surface area contributed by atoms with Crippen molar-refractivity contribution >= 4 is 5.91 Å². The average Bonchev–Trinajstić information content (AvgIpc) is 2.86. The number of benzene rings is 3. The van der Waals surface area contributed by atoms with Crippen molar-refractivity contribution in [1.29, 1.82) is 0 Å². The Morgan fingerprint density at radius 1 is 0.974 bits per heavy atom. The van der Waals surface area contributed by atoms with Gasteiger partial charge < -0.3 is 15.7 Å². The van der Waals surface area contributed by atoms with Crippen molar-refractivity contribution in [2.75, 3.05) is 6.54 Å². The van der Waals surface area contributed by atoms with Crippen LogP contribution in [0.4, 0.5) is 8.78 Å². The van der Waals surface area contributed by atoms with Gasteiger partial charge in [-0.2, -0.15) is 0 Å². The zero-order chi connectivity index (χ0) is 28.0. The monoisotopic (exact) mass is 534 g/mol. The summed E-state index contributed by atoms with van der Waals surface area (Å²) in [6.07, 6.45) is 3.33. The molecule has 0 bridgehead atoms. The largest absolute Gasteiger partial charge is 0.390 e. The first-order valence-electron chi connectivity index (χ1n) is 13.9. The summed E-state index contributed by atoms with van der Waals surface area (Å²) in [6.45, 7) is 6.93. The highest BCUT2D eigenvalue weighted by Crippen LogP contribution is 2.32. The van der Waals surface area contributed by atoms with E-state index < -0.39 is 23.8 Å². The van der Waals surface area contributed by atoms with Crippen LogP contribution in [-0.4, -0.2) is 29.7 Å². The van der Waals surface area contributed by atoms with Gasteiger partial charge in [0.2, 0.25) is 5.91 Å². The summed E-state index contributed by atoms with van der Waals surface area (Å²) in [7, 11) is 0. The molecule has 208 valence electrons. The molecule has 0 radical (unpaired) electrons. The number of aryl methyl sites for hydroxylation is 1. The molecule has 3 aromatic rings. The van der Waals surface area contributed by atoms with Gasteiger partial charge in [-0.15, -0.1) is 0 Å². The molecule has 0 heterocycles. The van der Waals surface area contributed by atoms with E-state index >= 15 is 0 Å². The lowest BCUT2D eigenvalue weighted by Crippen LogP contribution is -2.49. The summed E-state index contributed by atoms with van der Waals surface area (Å²) in [5, 5.41) is 17.7. The normalized spacial score (nSPS) is 16.8. The van der Waals surface area contributed by atoms with Crippen molar-refractivity contribution in [3.8, 4) is 0 Å². The molecule has 1 aliphatic rings. The van der Waals surface area contributed by atoms with Crippen molar-refractivity contribution in [2.45, 2.75) is 77.5 Å². The van der Waals surface area contributed by atoms with Crippen molar-refractivity contribution < 1.29 is 18.7 Å². The van der Waals surface area contributed by atoms with Gasteiger partial charge in [-0.1, -0.05) is 69.3 Å². The van der Waals surface area contributed by atoms with Crippen molar-refractivity contribution in [3.63, 3.8) is 0 Å². The molecule has 1 amide bonds. The quantitative estimate of drug-likeness (QED) is 0.306. The van der Waals surface area contributed by atoms with Crippen LogP contribution in [0.1, 0.15) is 67.5 Å². The van der Waals surface area contributed by atoms with Gasteiger partial charge in [0, 0.05) is 18.7 Å². The first kappa shape index (κ1) is 28.9. The number of hydrogen-bond donors (Lipinski definition) is 3. The van der Waals surface area contributed by atoms with Gasteiger partial charge in [0.15, 0.2) is 0 Å². The van der Waals surface area contributed by atoms with E-state index in [4.69, 9.17) is 0 Å². The Bertz CT molecular complexity index is 1240. The van der Waals surface area contributed by atoms with Gasteiger partial charge in [-0.05, 0) is 77.5 Å². The van der Waals surface area contributed by atoms with Crippen LogP contribution in [0.15, 0.2) is 66.7 Å². The molecular formula is C33H40F2N2O2. The summed E-state index contributed by atoms with van der Waals surface area (Å²) in [5.41, 5.74) is 5.31. The molecule has 4 nitrogen and oxygen atoms in total. The van der Waals surface area contributed by atoms with E-state index in [2.05, 4.69) is 49.6 Å². The van der Waals surface area contributed by atoms with Crippen LogP contribution >= 0.6 is 0 Å². The third-order valence-electron chi connectivity index (χ3n) is 7.23. The lowest BCUT2D eigenvalue weighted by molar-refractivity contribution is -0.122. The summed E-state index contributed by atoms with van der Waals surface area (Å²) >= 11 is 0. The maximum Gasteiger partial charge on any atom is 0.224 e. The molecule has 0 unspecified atom stereocenters. The maximum atomic E-state index is 13.9. The fourth-order valence-electron chi connectivity index (χ4n) is 5.49.